The van der Waals surface area contributed by atoms with Crippen LogP contribution in [0.3, 0.4) is 0 Å². The molecule has 1 amide bonds. The number of H-pyrrole nitrogens is 1. The predicted octanol–water partition coefficient (Wildman–Crippen LogP) is 3.17. The van der Waals surface area contributed by atoms with E-state index in [2.05, 4.69) is 15.3 Å². The Kier molecular flexibility index (Phi) is 2.86. The van der Waals surface area contributed by atoms with Crippen LogP contribution in [0.15, 0.2) is 55.0 Å². The number of para-hydroxylation sites is 1. The molecule has 3 rings (SSSR count). The van der Waals surface area contributed by atoms with Crippen LogP contribution in [0.1, 0.15) is 0 Å². The van der Waals surface area contributed by atoms with Gasteiger partial charge in [-0.1, -0.05) is 18.2 Å². The number of amides is 1. The van der Waals surface area contributed by atoms with Gasteiger partial charge in [0.05, 0.1) is 23.6 Å². The van der Waals surface area contributed by atoms with Gasteiger partial charge in [0.25, 0.3) is 0 Å². The highest BCUT2D eigenvalue weighted by Gasteiger charge is 2.08. The number of aromatic nitrogens is 2. The number of ether oxygens (including phenoxy) is 1. The van der Waals surface area contributed by atoms with Crippen LogP contribution in [-0.2, 0) is 0 Å². The molecule has 19 heavy (non-hydrogen) atoms. The van der Waals surface area contributed by atoms with E-state index in [1.54, 1.807) is 42.9 Å². The van der Waals surface area contributed by atoms with E-state index in [4.69, 9.17) is 4.74 Å². The van der Waals surface area contributed by atoms with Gasteiger partial charge in [0.15, 0.2) is 0 Å². The Hall–Kier alpha value is -2.82. The van der Waals surface area contributed by atoms with Crippen molar-refractivity contribution in [1.82, 2.24) is 9.97 Å². The van der Waals surface area contributed by atoms with Crippen molar-refractivity contribution < 1.29 is 9.53 Å². The number of hydrogen-bond donors (Lipinski definition) is 2. The first kappa shape index (κ1) is 11.3. The van der Waals surface area contributed by atoms with E-state index in [0.29, 0.717) is 11.4 Å². The second-order valence-corrected chi connectivity index (χ2v) is 3.95. The highest BCUT2D eigenvalue weighted by Crippen LogP contribution is 2.21. The molecule has 0 saturated heterocycles. The van der Waals surface area contributed by atoms with Crippen molar-refractivity contribution in [2.45, 2.75) is 0 Å². The average Bonchev–Trinajstić information content (AvgIpc) is 2.89. The number of carbonyl (C=O) groups is 1. The first-order valence-electron chi connectivity index (χ1n) is 5.78. The molecule has 2 aromatic heterocycles. The Balaban J connectivity index is 1.78. The molecule has 1 aromatic carbocycles. The molecule has 0 radical (unpaired) electrons. The summed E-state index contributed by atoms with van der Waals surface area (Å²) in [7, 11) is 0. The number of hydrogen-bond acceptors (Lipinski definition) is 3. The molecular formula is C14H11N3O2. The smallest absolute Gasteiger partial charge is 0.410 e. The maximum Gasteiger partial charge on any atom is 0.417 e. The summed E-state index contributed by atoms with van der Waals surface area (Å²) in [6.45, 7) is 0. The Labute approximate surface area is 109 Å². The molecule has 0 bridgehead atoms. The molecule has 2 heterocycles. The second kappa shape index (κ2) is 4.81. The first-order valence-corrected chi connectivity index (χ1v) is 5.78. The minimum absolute atomic E-state index is 0.495. The molecule has 0 aliphatic heterocycles. The maximum atomic E-state index is 11.8. The fourth-order valence-electron chi connectivity index (χ4n) is 1.81. The lowest BCUT2D eigenvalue weighted by Gasteiger charge is -2.06. The number of fused-ring (bicyclic) bond motifs is 1. The molecule has 0 unspecified atom stereocenters. The van der Waals surface area contributed by atoms with Crippen molar-refractivity contribution in [3.05, 3.63) is 55.0 Å². The molecule has 5 heteroatoms. The van der Waals surface area contributed by atoms with Crippen molar-refractivity contribution >= 4 is 22.7 Å². The van der Waals surface area contributed by atoms with Gasteiger partial charge < -0.3 is 9.72 Å². The molecular weight excluding hydrogens is 242 g/mol. The number of rotatable bonds is 2. The van der Waals surface area contributed by atoms with Gasteiger partial charge >= 0.3 is 6.09 Å². The van der Waals surface area contributed by atoms with E-state index in [1.165, 1.54) is 0 Å². The summed E-state index contributed by atoms with van der Waals surface area (Å²) in [6, 6.07) is 10.8. The molecule has 5 nitrogen and oxygen atoms in total. The van der Waals surface area contributed by atoms with Gasteiger partial charge in [0.2, 0.25) is 0 Å². The van der Waals surface area contributed by atoms with Gasteiger partial charge in [-0.25, -0.2) is 4.79 Å². The van der Waals surface area contributed by atoms with Crippen LogP contribution < -0.4 is 10.1 Å². The highest BCUT2D eigenvalue weighted by molar-refractivity contribution is 5.98. The van der Waals surface area contributed by atoms with Crippen molar-refractivity contribution in [2.75, 3.05) is 5.32 Å². The third kappa shape index (κ3) is 2.40. The monoisotopic (exact) mass is 253 g/mol. The van der Waals surface area contributed by atoms with E-state index in [9.17, 15) is 4.79 Å². The number of carbonyl (C=O) groups excluding carboxylic acids is 1. The fraction of sp³-hybridized carbons (Fsp3) is 0. The van der Waals surface area contributed by atoms with Crippen molar-refractivity contribution in [2.24, 2.45) is 0 Å². The van der Waals surface area contributed by atoms with E-state index in [1.807, 2.05) is 12.1 Å². The molecule has 0 atom stereocenters. The standard InChI is InChI=1S/C14H11N3O2/c18-14(19-10-4-2-1-3-5-10)17-13-9-15-8-12-11(13)6-7-16-12/h1-9,16H,(H,17,18). The Morgan fingerprint density at radius 3 is 2.84 bits per heavy atom. The Morgan fingerprint density at radius 1 is 1.16 bits per heavy atom. The average molecular weight is 253 g/mol. The number of anilines is 1. The van der Waals surface area contributed by atoms with Gasteiger partial charge in [-0.15, -0.1) is 0 Å². The van der Waals surface area contributed by atoms with Crippen LogP contribution in [-0.4, -0.2) is 16.1 Å². The van der Waals surface area contributed by atoms with Crippen molar-refractivity contribution in [3.8, 4) is 5.75 Å². The number of benzene rings is 1. The van der Waals surface area contributed by atoms with Crippen molar-refractivity contribution in [1.29, 1.82) is 0 Å². The largest absolute Gasteiger partial charge is 0.417 e. The topological polar surface area (TPSA) is 67.0 Å². The summed E-state index contributed by atoms with van der Waals surface area (Å²) in [5.74, 6) is 0.495. The lowest BCUT2D eigenvalue weighted by molar-refractivity contribution is 0.215. The molecule has 0 spiro atoms. The number of pyridine rings is 1. The third-order valence-electron chi connectivity index (χ3n) is 2.67. The molecule has 2 N–H and O–H groups in total. The van der Waals surface area contributed by atoms with E-state index in [0.717, 1.165) is 10.9 Å². The van der Waals surface area contributed by atoms with Gasteiger partial charge in [-0.3, -0.25) is 10.3 Å². The quantitative estimate of drug-likeness (QED) is 0.737. The Bertz CT molecular complexity index is 707. The van der Waals surface area contributed by atoms with Gasteiger partial charge in [-0.2, -0.15) is 0 Å². The van der Waals surface area contributed by atoms with Gasteiger partial charge in [0, 0.05) is 11.6 Å². The molecule has 0 saturated carbocycles. The Morgan fingerprint density at radius 2 is 2.00 bits per heavy atom. The third-order valence-corrected chi connectivity index (χ3v) is 2.67. The highest BCUT2D eigenvalue weighted by atomic mass is 16.6. The summed E-state index contributed by atoms with van der Waals surface area (Å²) < 4.78 is 5.16. The number of nitrogens with one attached hydrogen (secondary N) is 2. The molecule has 0 aliphatic rings. The first-order chi connectivity index (χ1) is 9.33. The summed E-state index contributed by atoms with van der Waals surface area (Å²) >= 11 is 0. The molecule has 0 aliphatic carbocycles. The van der Waals surface area contributed by atoms with Gasteiger partial charge in [-0.05, 0) is 18.2 Å². The lowest BCUT2D eigenvalue weighted by atomic mass is 10.3. The van der Waals surface area contributed by atoms with Crippen LogP contribution in [0.2, 0.25) is 0 Å². The van der Waals surface area contributed by atoms with E-state index < -0.39 is 6.09 Å². The van der Waals surface area contributed by atoms with Crippen LogP contribution in [0.5, 0.6) is 5.75 Å². The van der Waals surface area contributed by atoms with Gasteiger partial charge in [0.1, 0.15) is 5.75 Å². The number of aromatic amines is 1. The summed E-state index contributed by atoms with van der Waals surface area (Å²) in [5, 5.41) is 3.56. The summed E-state index contributed by atoms with van der Waals surface area (Å²) in [5.41, 5.74) is 1.47. The van der Waals surface area contributed by atoms with Crippen LogP contribution in [0.4, 0.5) is 10.5 Å². The van der Waals surface area contributed by atoms with Crippen LogP contribution >= 0.6 is 0 Å². The van der Waals surface area contributed by atoms with E-state index in [-0.39, 0.29) is 0 Å². The minimum Gasteiger partial charge on any atom is -0.410 e. The summed E-state index contributed by atoms with van der Waals surface area (Å²) in [6.07, 6.45) is 4.53. The lowest BCUT2D eigenvalue weighted by Crippen LogP contribution is -2.16. The minimum atomic E-state index is -0.540. The van der Waals surface area contributed by atoms with Crippen LogP contribution in [0.25, 0.3) is 10.9 Å². The SMILES string of the molecule is O=C(Nc1cncc2[nH]ccc12)Oc1ccccc1. The number of nitrogens with zero attached hydrogens (tertiary/aromatic N) is 1. The predicted molar refractivity (Wildman–Crippen MR) is 72.2 cm³/mol. The zero-order valence-electron chi connectivity index (χ0n) is 9.96. The molecule has 3 aromatic rings. The molecule has 94 valence electrons. The normalized spacial score (nSPS) is 10.3. The zero-order chi connectivity index (χ0) is 13.1. The summed E-state index contributed by atoms with van der Waals surface area (Å²) in [4.78, 5) is 18.8. The molecule has 0 fully saturated rings. The van der Waals surface area contributed by atoms with Crippen molar-refractivity contribution in [3.63, 3.8) is 0 Å². The maximum absolute atomic E-state index is 11.8. The second-order valence-electron chi connectivity index (χ2n) is 3.95. The zero-order valence-corrected chi connectivity index (χ0v) is 9.96. The fourth-order valence-corrected chi connectivity index (χ4v) is 1.81. The van der Waals surface area contributed by atoms with Crippen LogP contribution in [0, 0.1) is 0 Å². The van der Waals surface area contributed by atoms with E-state index >= 15 is 0 Å².